The maximum absolute atomic E-state index is 14.5. The van der Waals surface area contributed by atoms with Crippen molar-refractivity contribution in [1.82, 2.24) is 0 Å². The number of rotatable bonds is 17. The van der Waals surface area contributed by atoms with E-state index in [1.165, 1.54) is 43.0 Å². The molecule has 0 radical (unpaired) electrons. The predicted molar refractivity (Wildman–Crippen MR) is 211 cm³/mol. The van der Waals surface area contributed by atoms with Crippen molar-refractivity contribution >= 4 is 46.4 Å². The number of para-hydroxylation sites is 2. The molecule has 4 rings (SSSR count). The summed E-state index contributed by atoms with van der Waals surface area (Å²) < 4.78 is 12.2. The molecule has 10 nitrogen and oxygen atoms in total. The summed E-state index contributed by atoms with van der Waals surface area (Å²) in [6.07, 6.45) is 1.35. The van der Waals surface area contributed by atoms with Crippen LogP contribution in [-0.4, -0.2) is 40.7 Å². The minimum Gasteiger partial charge on any atom is -0.480 e. The minimum absolute atomic E-state index is 0.0297. The normalized spacial score (nSPS) is 13.4. The van der Waals surface area contributed by atoms with Gasteiger partial charge < -0.3 is 20.1 Å². The number of benzene rings is 4. The third-order valence-electron chi connectivity index (χ3n) is 9.82. The van der Waals surface area contributed by atoms with E-state index in [-0.39, 0.29) is 27.0 Å². The fraction of sp³-hybridized carbons (Fsp3) is 0.357. The lowest BCUT2D eigenvalue weighted by molar-refractivity contribution is -0.387. The Morgan fingerprint density at radius 1 is 0.792 bits per heavy atom. The van der Waals surface area contributed by atoms with Gasteiger partial charge in [0.15, 0.2) is 6.10 Å². The summed E-state index contributed by atoms with van der Waals surface area (Å²) in [4.78, 5) is 51.3. The topological polar surface area (TPSA) is 137 Å². The second-order valence-electron chi connectivity index (χ2n) is 14.1. The number of carbonyl (C=O) groups is 3. The van der Waals surface area contributed by atoms with E-state index in [2.05, 4.69) is 64.3 Å². The number of nitrogens with zero attached hydrogens (tertiary/aromatic N) is 1. The van der Waals surface area contributed by atoms with Crippen molar-refractivity contribution in [3.05, 3.63) is 124 Å². The lowest BCUT2D eigenvalue weighted by atomic mass is 9.76. The molecule has 0 aliphatic rings. The highest BCUT2D eigenvalue weighted by Crippen LogP contribution is 2.42. The highest BCUT2D eigenvalue weighted by molar-refractivity contribution is 8.02. The number of Topliss-reactive ketones (excluding diaryl/α,β-unsaturated/α-hetero) is 1. The molecule has 280 valence electrons. The Hall–Kier alpha value is -5.00. The molecule has 0 aromatic heterocycles. The van der Waals surface area contributed by atoms with E-state index in [1.54, 1.807) is 48.5 Å². The molecule has 0 fully saturated rings. The molecule has 11 heteroatoms. The Morgan fingerprint density at radius 3 is 2.06 bits per heavy atom. The summed E-state index contributed by atoms with van der Waals surface area (Å²) in [5.41, 5.74) is 2.42. The van der Waals surface area contributed by atoms with Crippen LogP contribution in [0, 0.1) is 10.1 Å². The molecule has 0 aliphatic heterocycles. The molecule has 0 heterocycles. The van der Waals surface area contributed by atoms with Crippen LogP contribution < -0.4 is 15.4 Å². The molecule has 4 aromatic rings. The number of amides is 2. The van der Waals surface area contributed by atoms with Crippen LogP contribution in [0.3, 0.4) is 0 Å². The number of methoxy groups -OCH3 is 1. The summed E-state index contributed by atoms with van der Waals surface area (Å²) in [5.74, 6) is -1.39. The van der Waals surface area contributed by atoms with Gasteiger partial charge in [0.2, 0.25) is 5.78 Å². The van der Waals surface area contributed by atoms with Gasteiger partial charge in [-0.3, -0.25) is 24.5 Å². The first-order chi connectivity index (χ1) is 25.1. The third kappa shape index (κ3) is 9.33. The fourth-order valence-electron chi connectivity index (χ4n) is 5.61. The maximum atomic E-state index is 14.5. The van der Waals surface area contributed by atoms with E-state index in [0.717, 1.165) is 18.4 Å². The van der Waals surface area contributed by atoms with Crippen LogP contribution >= 0.6 is 11.8 Å². The van der Waals surface area contributed by atoms with E-state index >= 15 is 0 Å². The second kappa shape index (κ2) is 17.2. The van der Waals surface area contributed by atoms with Crippen LogP contribution in [0.25, 0.3) is 0 Å². The molecule has 0 bridgehead atoms. The third-order valence-corrected chi connectivity index (χ3v) is 11.2. The first-order valence-corrected chi connectivity index (χ1v) is 18.6. The number of thioether (sulfide) groups is 1. The SMILES string of the molecule is CCC(Oc1ccc(C(C)(C)CC)cc1C(C)(C)CC)C(=O)Nc1cccc(C(=O)C(OC)(Sc2ccccc2[N+](=O)[O-])C(=O)Nc2ccccc2)c1. The summed E-state index contributed by atoms with van der Waals surface area (Å²) >= 11 is 0.627. The van der Waals surface area contributed by atoms with Gasteiger partial charge in [-0.25, -0.2) is 0 Å². The maximum Gasteiger partial charge on any atom is 0.283 e. The fourth-order valence-corrected chi connectivity index (χ4v) is 6.75. The molecule has 0 spiro atoms. The predicted octanol–water partition coefficient (Wildman–Crippen LogP) is 9.72. The lowest BCUT2D eigenvalue weighted by Gasteiger charge is -2.31. The number of nitrogens with one attached hydrogen (secondary N) is 2. The molecule has 0 aliphatic carbocycles. The second-order valence-corrected chi connectivity index (χ2v) is 15.3. The zero-order chi connectivity index (χ0) is 39.0. The van der Waals surface area contributed by atoms with Gasteiger partial charge >= 0.3 is 0 Å². The van der Waals surface area contributed by atoms with E-state index < -0.39 is 33.6 Å². The van der Waals surface area contributed by atoms with E-state index in [9.17, 15) is 24.5 Å². The molecule has 2 amide bonds. The Kier molecular flexibility index (Phi) is 13.2. The van der Waals surface area contributed by atoms with Crippen molar-refractivity contribution in [3.63, 3.8) is 0 Å². The summed E-state index contributed by atoms with van der Waals surface area (Å²) in [6.45, 7) is 14.9. The average molecular weight is 740 g/mol. The molecule has 4 aromatic carbocycles. The average Bonchev–Trinajstić information content (AvgIpc) is 3.16. The van der Waals surface area contributed by atoms with E-state index in [4.69, 9.17) is 9.47 Å². The molecule has 2 atom stereocenters. The number of anilines is 2. The smallest absolute Gasteiger partial charge is 0.283 e. The number of ether oxygens (including phenoxy) is 2. The van der Waals surface area contributed by atoms with Crippen molar-refractivity contribution in [3.8, 4) is 5.75 Å². The van der Waals surface area contributed by atoms with Gasteiger partial charge in [-0.2, -0.15) is 0 Å². The lowest BCUT2D eigenvalue weighted by Crippen LogP contribution is -2.48. The summed E-state index contributed by atoms with van der Waals surface area (Å²) in [6, 6.07) is 26.7. The monoisotopic (exact) mass is 739 g/mol. The van der Waals surface area contributed by atoms with Crippen molar-refractivity contribution < 1.29 is 28.8 Å². The van der Waals surface area contributed by atoms with Crippen molar-refractivity contribution in [2.45, 2.75) is 94.5 Å². The van der Waals surface area contributed by atoms with E-state index in [0.29, 0.717) is 35.3 Å². The molecule has 0 saturated heterocycles. The highest BCUT2D eigenvalue weighted by Gasteiger charge is 2.49. The Balaban J connectivity index is 1.67. The quantitative estimate of drug-likeness (QED) is 0.0273. The van der Waals surface area contributed by atoms with Gasteiger partial charge in [0.1, 0.15) is 5.75 Å². The summed E-state index contributed by atoms with van der Waals surface area (Å²) in [5, 5.41) is 17.5. The van der Waals surface area contributed by atoms with Crippen molar-refractivity contribution in [2.24, 2.45) is 0 Å². The van der Waals surface area contributed by atoms with Crippen molar-refractivity contribution in [1.29, 1.82) is 0 Å². The first kappa shape index (κ1) is 40.8. The van der Waals surface area contributed by atoms with Crippen LogP contribution in [0.1, 0.15) is 89.2 Å². The zero-order valence-corrected chi connectivity index (χ0v) is 32.5. The molecular formula is C42H49N3O7S. The van der Waals surface area contributed by atoms with Crippen LogP contribution in [0.2, 0.25) is 0 Å². The standard InChI is InChI=1S/C42H49N3O7S/c1-9-34(52-35-25-24-29(40(4,5)10-2)27-32(35)41(6,7)11-3)38(47)43-31-21-17-18-28(26-31)37(46)42(51-8,39(48)44-30-19-13-12-14-20-30)53-36-23-16-15-22-33(36)45(49)50/h12-27,34H,9-11H2,1-8H3,(H,43,47)(H,44,48). The number of ketones is 1. The first-order valence-electron chi connectivity index (χ1n) is 17.7. The van der Waals surface area contributed by atoms with Gasteiger partial charge in [0.05, 0.1) is 9.82 Å². The van der Waals surface area contributed by atoms with Crippen LogP contribution in [0.15, 0.2) is 102 Å². The van der Waals surface area contributed by atoms with Crippen molar-refractivity contribution in [2.75, 3.05) is 17.7 Å². The van der Waals surface area contributed by atoms with E-state index in [1.807, 2.05) is 13.0 Å². The number of carbonyl (C=O) groups excluding carboxylic acids is 3. The summed E-state index contributed by atoms with van der Waals surface area (Å²) in [7, 11) is 1.20. The Labute approximate surface area is 316 Å². The van der Waals surface area contributed by atoms with Gasteiger partial charge in [-0.1, -0.05) is 115 Å². The van der Waals surface area contributed by atoms with Gasteiger partial charge in [-0.05, 0) is 72.1 Å². The molecular weight excluding hydrogens is 691 g/mol. The van der Waals surface area contributed by atoms with Gasteiger partial charge in [0.25, 0.3) is 22.4 Å². The number of hydrogen-bond donors (Lipinski definition) is 2. The number of nitro groups is 1. The largest absolute Gasteiger partial charge is 0.480 e. The molecule has 53 heavy (non-hydrogen) atoms. The minimum atomic E-state index is -2.29. The molecule has 2 unspecified atom stereocenters. The highest BCUT2D eigenvalue weighted by atomic mass is 32.2. The van der Waals surface area contributed by atoms with Crippen LogP contribution in [-0.2, 0) is 25.2 Å². The number of nitro benzene ring substituents is 1. The Morgan fingerprint density at radius 2 is 1.43 bits per heavy atom. The molecule has 2 N–H and O–H groups in total. The van der Waals surface area contributed by atoms with Crippen LogP contribution in [0.4, 0.5) is 17.1 Å². The van der Waals surface area contributed by atoms with Gasteiger partial charge in [-0.15, -0.1) is 0 Å². The number of hydrogen-bond acceptors (Lipinski definition) is 8. The van der Waals surface area contributed by atoms with Crippen LogP contribution in [0.5, 0.6) is 5.75 Å². The Bertz CT molecular complexity index is 1950. The molecule has 0 saturated carbocycles. The zero-order valence-electron chi connectivity index (χ0n) is 31.6. The van der Waals surface area contributed by atoms with Gasteiger partial charge in [0, 0.05) is 35.7 Å².